The Hall–Kier alpha value is 0.110. The van der Waals surface area contributed by atoms with Crippen molar-refractivity contribution in [1.29, 1.82) is 0 Å². The molecule has 0 aromatic heterocycles. The number of rotatable bonds is 45. The van der Waals surface area contributed by atoms with Crippen LogP contribution in [0.4, 0.5) is 0 Å². The van der Waals surface area contributed by atoms with Gasteiger partial charge in [-0.1, -0.05) is 253 Å². The lowest BCUT2D eigenvalue weighted by molar-refractivity contribution is 0.0156. The molecule has 0 bridgehead atoms. The van der Waals surface area contributed by atoms with Crippen molar-refractivity contribution in [2.45, 2.75) is 310 Å². The van der Waals surface area contributed by atoms with Gasteiger partial charge in [0.2, 0.25) is 0 Å². The van der Waals surface area contributed by atoms with E-state index < -0.39 is 7.82 Å². The predicted octanol–water partition coefficient (Wildman–Crippen LogP) is 18.6. The molecule has 0 rings (SSSR count). The first-order valence-corrected chi connectivity index (χ1v) is 26.1. The molecule has 5 heteroatoms. The van der Waals surface area contributed by atoms with Gasteiger partial charge in [0.15, 0.2) is 0 Å². The van der Waals surface area contributed by atoms with E-state index in [4.69, 9.17) is 13.6 Å². The number of unbranched alkanes of at least 4 members (excludes halogenated alkanes) is 27. The van der Waals surface area contributed by atoms with E-state index in [1.807, 2.05) is 0 Å². The molecule has 320 valence electrons. The lowest BCUT2D eigenvalue weighted by Crippen LogP contribution is -2.22. The first-order chi connectivity index (χ1) is 26.0. The standard InChI is InChI=1S/C48H99O4P/c1-7-13-19-22-25-28-31-37-43-46(40-34-16-10-4)50-53(49,51-47(41-35-17-11-5)44-38-32-29-26-23-20-14-8-2)52-48(42-36-18-12-6)45-39-33-30-27-24-21-15-9-3/h46-48H,7-45H2,1-6H3. The monoisotopic (exact) mass is 771 g/mol. The third-order valence-electron chi connectivity index (χ3n) is 11.4. The first kappa shape index (κ1) is 53.1. The van der Waals surface area contributed by atoms with Gasteiger partial charge < -0.3 is 0 Å². The van der Waals surface area contributed by atoms with Crippen LogP contribution >= 0.6 is 7.82 Å². The Labute approximate surface area is 335 Å². The second-order valence-electron chi connectivity index (χ2n) is 16.9. The molecule has 0 aromatic rings. The predicted molar refractivity (Wildman–Crippen MR) is 236 cm³/mol. The maximum atomic E-state index is 15.2. The number of phosphoric ester groups is 1. The van der Waals surface area contributed by atoms with Crippen molar-refractivity contribution < 1.29 is 18.1 Å². The van der Waals surface area contributed by atoms with Crippen LogP contribution in [0.25, 0.3) is 0 Å². The molecule has 0 aliphatic carbocycles. The molecule has 0 spiro atoms. The van der Waals surface area contributed by atoms with E-state index in [1.165, 1.54) is 173 Å². The SMILES string of the molecule is CCCCCCCCCCC(CCCCC)OP(=O)(OC(CCCCC)CCCCCCCCCC)OC(CCCCC)CCCCCCCCCC. The van der Waals surface area contributed by atoms with Crippen LogP contribution in [-0.2, 0) is 18.1 Å². The van der Waals surface area contributed by atoms with Gasteiger partial charge in [-0.25, -0.2) is 4.57 Å². The highest BCUT2D eigenvalue weighted by Crippen LogP contribution is 2.55. The first-order valence-electron chi connectivity index (χ1n) is 24.6. The third kappa shape index (κ3) is 36.2. The normalized spacial score (nSPS) is 14.8. The summed E-state index contributed by atoms with van der Waals surface area (Å²) in [7, 11) is -3.76. The molecule has 0 heterocycles. The zero-order valence-electron chi connectivity index (χ0n) is 37.4. The summed E-state index contributed by atoms with van der Waals surface area (Å²) in [6.45, 7) is 13.7. The minimum atomic E-state index is -3.76. The molecule has 0 fully saturated rings. The van der Waals surface area contributed by atoms with Crippen LogP contribution in [0.1, 0.15) is 292 Å². The topological polar surface area (TPSA) is 44.8 Å². The average Bonchev–Trinajstić information content (AvgIpc) is 3.14. The zero-order valence-corrected chi connectivity index (χ0v) is 38.3. The summed E-state index contributed by atoms with van der Waals surface area (Å²) >= 11 is 0. The quantitative estimate of drug-likeness (QED) is 0.0457. The van der Waals surface area contributed by atoms with Crippen molar-refractivity contribution in [3.63, 3.8) is 0 Å². The third-order valence-corrected chi connectivity index (χ3v) is 13.0. The molecule has 3 unspecified atom stereocenters. The van der Waals surface area contributed by atoms with Gasteiger partial charge in [-0.15, -0.1) is 0 Å². The Bertz CT molecular complexity index is 650. The van der Waals surface area contributed by atoms with Gasteiger partial charge in [-0.05, 0) is 38.5 Å². The molecule has 0 N–H and O–H groups in total. The molecular formula is C48H99O4P. The number of hydrogen-bond acceptors (Lipinski definition) is 4. The second-order valence-corrected chi connectivity index (χ2v) is 18.4. The van der Waals surface area contributed by atoms with Gasteiger partial charge in [0.25, 0.3) is 0 Å². The summed E-state index contributed by atoms with van der Waals surface area (Å²) in [6, 6.07) is 0. The fourth-order valence-corrected chi connectivity index (χ4v) is 9.63. The zero-order chi connectivity index (χ0) is 38.9. The van der Waals surface area contributed by atoms with E-state index in [2.05, 4.69) is 41.5 Å². The summed E-state index contributed by atoms with van der Waals surface area (Å²) in [5, 5.41) is 0. The van der Waals surface area contributed by atoms with Crippen LogP contribution in [-0.4, -0.2) is 18.3 Å². The van der Waals surface area contributed by atoms with Crippen LogP contribution in [0.5, 0.6) is 0 Å². The second kappa shape index (κ2) is 41.7. The van der Waals surface area contributed by atoms with Crippen LogP contribution in [0.3, 0.4) is 0 Å². The highest BCUT2D eigenvalue weighted by Gasteiger charge is 2.36. The van der Waals surface area contributed by atoms with E-state index in [0.717, 1.165) is 77.0 Å². The Morgan fingerprint density at radius 1 is 0.264 bits per heavy atom. The molecule has 0 radical (unpaired) electrons. The van der Waals surface area contributed by atoms with Crippen LogP contribution in [0.15, 0.2) is 0 Å². The highest BCUT2D eigenvalue weighted by atomic mass is 31.2. The molecule has 0 amide bonds. The van der Waals surface area contributed by atoms with Crippen LogP contribution in [0, 0.1) is 0 Å². The summed E-state index contributed by atoms with van der Waals surface area (Å²) < 4.78 is 35.6. The molecule has 4 nitrogen and oxygen atoms in total. The molecule has 0 aliphatic heterocycles. The molecule has 0 aromatic carbocycles. The van der Waals surface area contributed by atoms with E-state index >= 15 is 4.57 Å². The molecule has 0 saturated heterocycles. The van der Waals surface area contributed by atoms with E-state index in [9.17, 15) is 0 Å². The van der Waals surface area contributed by atoms with Gasteiger partial charge in [-0.2, -0.15) is 0 Å². The van der Waals surface area contributed by atoms with Gasteiger partial charge in [0.1, 0.15) is 0 Å². The fraction of sp³-hybridized carbons (Fsp3) is 1.00. The van der Waals surface area contributed by atoms with Crippen molar-refractivity contribution in [3.8, 4) is 0 Å². The van der Waals surface area contributed by atoms with Gasteiger partial charge in [-0.3, -0.25) is 13.6 Å². The van der Waals surface area contributed by atoms with Crippen molar-refractivity contribution in [2.24, 2.45) is 0 Å². The molecule has 0 aliphatic rings. The van der Waals surface area contributed by atoms with Gasteiger partial charge in [0.05, 0.1) is 18.3 Å². The Morgan fingerprint density at radius 3 is 0.623 bits per heavy atom. The number of phosphoric acid groups is 1. The smallest absolute Gasteiger partial charge is 0.284 e. The number of hydrogen-bond donors (Lipinski definition) is 0. The lowest BCUT2D eigenvalue weighted by Gasteiger charge is -2.31. The molecule has 53 heavy (non-hydrogen) atoms. The Morgan fingerprint density at radius 2 is 0.415 bits per heavy atom. The van der Waals surface area contributed by atoms with Crippen molar-refractivity contribution in [3.05, 3.63) is 0 Å². The lowest BCUT2D eigenvalue weighted by atomic mass is 10.0. The average molecular weight is 771 g/mol. The summed E-state index contributed by atoms with van der Waals surface area (Å²) in [5.74, 6) is 0. The largest absolute Gasteiger partial charge is 0.475 e. The van der Waals surface area contributed by atoms with Gasteiger partial charge >= 0.3 is 7.82 Å². The summed E-state index contributed by atoms with van der Waals surface area (Å²) in [4.78, 5) is 0. The van der Waals surface area contributed by atoms with E-state index in [0.29, 0.717) is 0 Å². The minimum absolute atomic E-state index is 0.0497. The Kier molecular flexibility index (Phi) is 41.8. The van der Waals surface area contributed by atoms with Crippen LogP contribution < -0.4 is 0 Å². The summed E-state index contributed by atoms with van der Waals surface area (Å²) in [5.41, 5.74) is 0. The van der Waals surface area contributed by atoms with Crippen molar-refractivity contribution >= 4 is 7.82 Å². The van der Waals surface area contributed by atoms with Crippen LogP contribution in [0.2, 0.25) is 0 Å². The molecule has 3 atom stereocenters. The van der Waals surface area contributed by atoms with Crippen molar-refractivity contribution in [1.82, 2.24) is 0 Å². The van der Waals surface area contributed by atoms with E-state index in [1.54, 1.807) is 0 Å². The van der Waals surface area contributed by atoms with Crippen molar-refractivity contribution in [2.75, 3.05) is 0 Å². The maximum absolute atomic E-state index is 15.2. The van der Waals surface area contributed by atoms with E-state index in [-0.39, 0.29) is 18.3 Å². The summed E-state index contributed by atoms with van der Waals surface area (Å²) in [6.07, 6.45) is 47.3. The minimum Gasteiger partial charge on any atom is -0.284 e. The maximum Gasteiger partial charge on any atom is 0.475 e. The van der Waals surface area contributed by atoms with Gasteiger partial charge in [0, 0.05) is 0 Å². The Balaban J connectivity index is 5.86. The highest BCUT2D eigenvalue weighted by molar-refractivity contribution is 7.48. The molecule has 0 saturated carbocycles. The molecular weight excluding hydrogens is 671 g/mol. The fourth-order valence-electron chi connectivity index (χ4n) is 7.76.